The van der Waals surface area contributed by atoms with Crippen LogP contribution in [-0.4, -0.2) is 36.5 Å². The Morgan fingerprint density at radius 2 is 2.14 bits per heavy atom. The summed E-state index contributed by atoms with van der Waals surface area (Å²) in [6.45, 7) is -0.544. The topological polar surface area (TPSA) is 97.4 Å². The number of thiophene rings is 1. The van der Waals surface area contributed by atoms with Gasteiger partial charge in [0, 0.05) is 23.4 Å². The molecule has 0 bridgehead atoms. The molecule has 9 heteroatoms. The number of carbonyl (C=O) groups is 3. The summed E-state index contributed by atoms with van der Waals surface area (Å²) < 4.78 is 4.78. The van der Waals surface area contributed by atoms with Gasteiger partial charge in [-0.05, 0) is 11.4 Å². The molecule has 0 radical (unpaired) electrons. The summed E-state index contributed by atoms with van der Waals surface area (Å²) in [5.41, 5.74) is 1.07. The highest BCUT2D eigenvalue weighted by Crippen LogP contribution is 2.25. The number of carbonyl (C=O) groups excluding carboxylic acids is 3. The second-order valence-corrected chi connectivity index (χ2v) is 5.39. The molecule has 7 nitrogen and oxygen atoms in total. The third-order valence-corrected chi connectivity index (χ3v) is 3.87. The molecule has 2 rings (SSSR count). The van der Waals surface area contributed by atoms with E-state index in [9.17, 15) is 14.4 Å². The van der Waals surface area contributed by atoms with Crippen molar-refractivity contribution in [2.75, 3.05) is 13.7 Å². The van der Waals surface area contributed by atoms with Crippen LogP contribution >= 0.6 is 22.7 Å². The van der Waals surface area contributed by atoms with Crippen molar-refractivity contribution in [3.63, 3.8) is 0 Å². The fourth-order valence-electron chi connectivity index (χ4n) is 1.32. The lowest BCUT2D eigenvalue weighted by Crippen LogP contribution is -2.39. The lowest BCUT2D eigenvalue weighted by Gasteiger charge is -2.03. The van der Waals surface area contributed by atoms with Crippen molar-refractivity contribution in [2.45, 2.75) is 0 Å². The van der Waals surface area contributed by atoms with Crippen LogP contribution in [0.3, 0.4) is 0 Å². The van der Waals surface area contributed by atoms with Gasteiger partial charge in [0.05, 0.1) is 0 Å². The SMILES string of the molecule is CNC(=O)NC(=O)COC(=O)c1csc(-c2ccsc2)n1. The number of imide groups is 1. The van der Waals surface area contributed by atoms with Gasteiger partial charge in [-0.2, -0.15) is 11.3 Å². The van der Waals surface area contributed by atoms with E-state index in [-0.39, 0.29) is 5.69 Å². The average Bonchev–Trinajstić information content (AvgIpc) is 3.14. The van der Waals surface area contributed by atoms with Crippen molar-refractivity contribution < 1.29 is 19.1 Å². The van der Waals surface area contributed by atoms with Gasteiger partial charge in [0.1, 0.15) is 5.01 Å². The molecule has 0 saturated heterocycles. The molecule has 0 spiro atoms. The Kier molecular flexibility index (Phi) is 5.01. The lowest BCUT2D eigenvalue weighted by atomic mass is 10.3. The van der Waals surface area contributed by atoms with Gasteiger partial charge in [-0.3, -0.25) is 10.1 Å². The van der Waals surface area contributed by atoms with Crippen LogP contribution in [0.4, 0.5) is 4.79 Å². The number of ether oxygens (including phenoxy) is 1. The smallest absolute Gasteiger partial charge is 0.358 e. The minimum Gasteiger partial charge on any atom is -0.451 e. The molecular formula is C12H11N3O4S2. The lowest BCUT2D eigenvalue weighted by molar-refractivity contribution is -0.123. The van der Waals surface area contributed by atoms with Crippen molar-refractivity contribution in [3.8, 4) is 10.6 Å². The van der Waals surface area contributed by atoms with Crippen LogP contribution < -0.4 is 10.6 Å². The quantitative estimate of drug-likeness (QED) is 0.830. The zero-order valence-electron chi connectivity index (χ0n) is 10.9. The number of nitrogens with one attached hydrogen (secondary N) is 2. The Hall–Kier alpha value is -2.26. The largest absolute Gasteiger partial charge is 0.451 e. The molecule has 2 N–H and O–H groups in total. The molecule has 0 aliphatic rings. The van der Waals surface area contributed by atoms with Crippen LogP contribution in [0.15, 0.2) is 22.2 Å². The first-order chi connectivity index (χ1) is 10.1. The zero-order chi connectivity index (χ0) is 15.2. The van der Waals surface area contributed by atoms with Crippen molar-refractivity contribution in [3.05, 3.63) is 27.9 Å². The van der Waals surface area contributed by atoms with E-state index < -0.39 is 24.5 Å². The maximum Gasteiger partial charge on any atom is 0.358 e. The van der Waals surface area contributed by atoms with E-state index in [0.717, 1.165) is 5.56 Å². The van der Waals surface area contributed by atoms with Crippen LogP contribution in [0.25, 0.3) is 10.6 Å². The molecule has 3 amide bonds. The number of aromatic nitrogens is 1. The number of thiazole rings is 1. The molecule has 21 heavy (non-hydrogen) atoms. The first-order valence-electron chi connectivity index (χ1n) is 5.77. The van der Waals surface area contributed by atoms with Gasteiger partial charge in [0.15, 0.2) is 12.3 Å². The third kappa shape index (κ3) is 4.10. The molecule has 2 aromatic rings. The maximum absolute atomic E-state index is 11.7. The third-order valence-electron chi connectivity index (χ3n) is 2.30. The number of rotatable bonds is 4. The molecule has 0 aliphatic heterocycles. The molecule has 110 valence electrons. The minimum absolute atomic E-state index is 0.133. The molecule has 0 atom stereocenters. The van der Waals surface area contributed by atoms with Gasteiger partial charge in [-0.1, -0.05) is 0 Å². The van der Waals surface area contributed by atoms with Crippen LogP contribution in [0.5, 0.6) is 0 Å². The predicted molar refractivity (Wildman–Crippen MR) is 78.3 cm³/mol. The second-order valence-electron chi connectivity index (χ2n) is 3.75. The number of hydrogen-bond donors (Lipinski definition) is 2. The summed E-state index contributed by atoms with van der Waals surface area (Å²) >= 11 is 2.85. The highest BCUT2D eigenvalue weighted by atomic mass is 32.1. The fourth-order valence-corrected chi connectivity index (χ4v) is 2.82. The first kappa shape index (κ1) is 15.1. The standard InChI is InChI=1S/C12H11N3O4S2/c1-13-12(18)15-9(16)4-19-11(17)8-6-21-10(14-8)7-2-3-20-5-7/h2-3,5-6H,4H2,1H3,(H2,13,15,16,18). The summed E-state index contributed by atoms with van der Waals surface area (Å²) in [5, 5.41) is 10.3. The Bertz CT molecular complexity index is 651. The average molecular weight is 325 g/mol. The van der Waals surface area contributed by atoms with E-state index in [1.807, 2.05) is 22.1 Å². The van der Waals surface area contributed by atoms with Gasteiger partial charge in [0.2, 0.25) is 0 Å². The summed E-state index contributed by atoms with van der Waals surface area (Å²) in [6.07, 6.45) is 0. The number of hydrogen-bond acceptors (Lipinski definition) is 7. The Morgan fingerprint density at radius 3 is 2.81 bits per heavy atom. The summed E-state index contributed by atoms with van der Waals surface area (Å²) in [5.74, 6) is -1.42. The van der Waals surface area contributed by atoms with E-state index in [1.54, 1.807) is 5.38 Å². The van der Waals surface area contributed by atoms with Crippen molar-refractivity contribution in [1.29, 1.82) is 0 Å². The highest BCUT2D eigenvalue weighted by Gasteiger charge is 2.15. The van der Waals surface area contributed by atoms with Crippen molar-refractivity contribution >= 4 is 40.6 Å². The van der Waals surface area contributed by atoms with Gasteiger partial charge in [0.25, 0.3) is 5.91 Å². The summed E-state index contributed by atoms with van der Waals surface area (Å²) in [4.78, 5) is 38.0. The summed E-state index contributed by atoms with van der Waals surface area (Å²) in [7, 11) is 1.37. The predicted octanol–water partition coefficient (Wildman–Crippen LogP) is 1.48. The highest BCUT2D eigenvalue weighted by molar-refractivity contribution is 7.14. The van der Waals surface area contributed by atoms with E-state index in [2.05, 4.69) is 10.3 Å². The number of esters is 1. The zero-order valence-corrected chi connectivity index (χ0v) is 12.5. The number of urea groups is 1. The van der Waals surface area contributed by atoms with Crippen molar-refractivity contribution in [2.24, 2.45) is 0 Å². The van der Waals surface area contributed by atoms with E-state index in [0.29, 0.717) is 5.01 Å². The normalized spacial score (nSPS) is 9.95. The van der Waals surface area contributed by atoms with Crippen LogP contribution in [0.1, 0.15) is 10.5 Å². The second kappa shape index (κ2) is 6.95. The number of amides is 3. The van der Waals surface area contributed by atoms with E-state index in [4.69, 9.17) is 4.74 Å². The Balaban J connectivity index is 1.89. The van der Waals surface area contributed by atoms with Crippen LogP contribution in [0, 0.1) is 0 Å². The van der Waals surface area contributed by atoms with Gasteiger partial charge in [-0.25, -0.2) is 14.6 Å². The molecular weight excluding hydrogens is 314 g/mol. The number of nitrogens with zero attached hydrogens (tertiary/aromatic N) is 1. The Morgan fingerprint density at radius 1 is 1.33 bits per heavy atom. The molecule has 2 heterocycles. The minimum atomic E-state index is -0.712. The molecule has 0 saturated carbocycles. The molecule has 0 fully saturated rings. The molecule has 0 aliphatic carbocycles. The van der Waals surface area contributed by atoms with Crippen LogP contribution in [-0.2, 0) is 9.53 Å². The molecule has 0 unspecified atom stereocenters. The summed E-state index contributed by atoms with van der Waals surface area (Å²) in [6, 6.07) is 1.24. The van der Waals surface area contributed by atoms with E-state index >= 15 is 0 Å². The fraction of sp³-hybridized carbons (Fsp3) is 0.167. The van der Waals surface area contributed by atoms with E-state index in [1.165, 1.54) is 29.7 Å². The van der Waals surface area contributed by atoms with Gasteiger partial charge < -0.3 is 10.1 Å². The molecule has 0 aromatic carbocycles. The van der Waals surface area contributed by atoms with Gasteiger partial charge in [-0.15, -0.1) is 11.3 Å². The van der Waals surface area contributed by atoms with Crippen LogP contribution in [0.2, 0.25) is 0 Å². The monoisotopic (exact) mass is 325 g/mol. The first-order valence-corrected chi connectivity index (χ1v) is 7.59. The van der Waals surface area contributed by atoms with Gasteiger partial charge >= 0.3 is 12.0 Å². The Labute approximate surface area is 128 Å². The molecule has 2 aromatic heterocycles. The van der Waals surface area contributed by atoms with Crippen molar-refractivity contribution in [1.82, 2.24) is 15.6 Å². The maximum atomic E-state index is 11.7.